The number of nitrogens with two attached hydrogens (primary N) is 1. The number of guanidine groups is 1. The van der Waals surface area contributed by atoms with Crippen molar-refractivity contribution in [2.75, 3.05) is 19.8 Å². The van der Waals surface area contributed by atoms with Crippen LogP contribution in [0, 0.1) is 20.8 Å². The molecule has 5 aromatic carbocycles. The molecule has 1 atom stereocenters. The van der Waals surface area contributed by atoms with Gasteiger partial charge in [0.05, 0.1) is 10.5 Å². The van der Waals surface area contributed by atoms with Gasteiger partial charge < -0.3 is 30.0 Å². The highest BCUT2D eigenvalue weighted by molar-refractivity contribution is 7.90. The van der Waals surface area contributed by atoms with E-state index in [1.807, 2.05) is 69.3 Å². The highest BCUT2D eigenvalue weighted by atomic mass is 32.2. The number of hydrogen-bond acceptors (Lipinski definition) is 11. The van der Waals surface area contributed by atoms with Crippen molar-refractivity contribution in [2.45, 2.75) is 89.4 Å². The minimum absolute atomic E-state index is 0.00309. The SMILES string of the molecule is Cc1c(C)c(S(=O)(=O)NC(N)=NCCC[C@H](NC(=O)OCC2c3ccccc3-c3ccccc32)C(=O)OCc2ccc(C(=O)OCC(=O)c3ccccc3)cc2)c(C)c2c1OC(C)(C)CC2. The van der Waals surface area contributed by atoms with Gasteiger partial charge in [0.2, 0.25) is 5.96 Å². The van der Waals surface area contributed by atoms with Gasteiger partial charge in [-0.1, -0.05) is 91.0 Å². The summed E-state index contributed by atoms with van der Waals surface area (Å²) in [6.07, 6.45) is 0.799. The average Bonchev–Trinajstić information content (AvgIpc) is 3.62. The Bertz CT molecular complexity index is 2740. The van der Waals surface area contributed by atoms with Crippen LogP contribution in [-0.4, -0.2) is 69.6 Å². The summed E-state index contributed by atoms with van der Waals surface area (Å²) in [6.45, 7) is 8.78. The number of ketones is 1. The molecule has 1 aliphatic heterocycles. The maximum Gasteiger partial charge on any atom is 0.407 e. The van der Waals surface area contributed by atoms with E-state index in [4.69, 9.17) is 24.7 Å². The molecule has 0 bridgehead atoms. The van der Waals surface area contributed by atoms with Crippen LogP contribution in [0.1, 0.15) is 98.7 Å². The molecule has 0 saturated carbocycles. The Morgan fingerprint density at radius 1 is 0.803 bits per heavy atom. The summed E-state index contributed by atoms with van der Waals surface area (Å²) in [5.74, 6) is -1.62. The van der Waals surface area contributed by atoms with Gasteiger partial charge in [0.15, 0.2) is 12.4 Å². The van der Waals surface area contributed by atoms with Crippen molar-refractivity contribution >= 4 is 39.8 Å². The summed E-state index contributed by atoms with van der Waals surface area (Å²) in [7, 11) is -4.15. The fraction of sp³-hybridized carbons (Fsp3) is 0.314. The predicted molar refractivity (Wildman–Crippen MR) is 249 cm³/mol. The van der Waals surface area contributed by atoms with Crippen molar-refractivity contribution in [3.05, 3.63) is 153 Å². The number of amides is 1. The van der Waals surface area contributed by atoms with E-state index in [1.54, 1.807) is 56.3 Å². The summed E-state index contributed by atoms with van der Waals surface area (Å²) in [5, 5.41) is 2.65. The number of carbonyl (C=O) groups is 4. The number of hydrogen-bond donors (Lipinski definition) is 3. The van der Waals surface area contributed by atoms with Crippen molar-refractivity contribution in [3.63, 3.8) is 0 Å². The van der Waals surface area contributed by atoms with E-state index in [0.717, 1.165) is 39.8 Å². The van der Waals surface area contributed by atoms with Gasteiger partial charge in [0.25, 0.3) is 10.0 Å². The van der Waals surface area contributed by atoms with E-state index in [2.05, 4.69) is 15.0 Å². The molecule has 14 nitrogen and oxygen atoms in total. The van der Waals surface area contributed by atoms with Gasteiger partial charge in [-0.3, -0.25) is 9.79 Å². The molecular formula is C51H54N4O10S. The second-order valence-electron chi connectivity index (χ2n) is 17.1. The van der Waals surface area contributed by atoms with E-state index in [-0.39, 0.29) is 66.3 Å². The van der Waals surface area contributed by atoms with Crippen LogP contribution in [-0.2, 0) is 42.1 Å². The van der Waals surface area contributed by atoms with Crippen LogP contribution in [0.5, 0.6) is 5.75 Å². The van der Waals surface area contributed by atoms with Crippen molar-refractivity contribution in [3.8, 4) is 16.9 Å². The van der Waals surface area contributed by atoms with Crippen LogP contribution in [0.3, 0.4) is 0 Å². The van der Waals surface area contributed by atoms with Gasteiger partial charge >= 0.3 is 18.0 Å². The summed E-state index contributed by atoms with van der Waals surface area (Å²) in [4.78, 5) is 56.4. The zero-order chi connectivity index (χ0) is 47.2. The van der Waals surface area contributed by atoms with E-state index >= 15 is 0 Å². The normalized spacial score (nSPS) is 14.4. The fourth-order valence-electron chi connectivity index (χ4n) is 8.41. The molecule has 15 heteroatoms. The standard InChI is InChI=1S/C51H54N4O10S/c1-31-32(2)46(33(3)37-25-26-51(4,5)65-45(31)37)66(60,61)55-49(52)53-27-13-20-43(54-50(59)64-29-42-40-18-11-9-16-38(40)39-17-10-12-19-41(39)42)48(58)62-28-34-21-23-36(24-22-34)47(57)63-30-44(56)35-14-7-6-8-15-35/h6-12,14-19,21-24,42-43H,13,20,25-30H2,1-5H3,(H,54,59)(H3,52,53,55)/t43-/m0/s1. The van der Waals surface area contributed by atoms with Crippen molar-refractivity contribution < 1.29 is 46.5 Å². The number of esters is 2. The molecule has 66 heavy (non-hydrogen) atoms. The number of sulfonamides is 1. The van der Waals surface area contributed by atoms with E-state index in [1.165, 1.54) is 12.1 Å². The molecule has 1 amide bonds. The third-order valence-electron chi connectivity index (χ3n) is 12.0. The highest BCUT2D eigenvalue weighted by Crippen LogP contribution is 2.45. The quantitative estimate of drug-likeness (QED) is 0.0218. The molecule has 5 aromatic rings. The fourth-order valence-corrected chi connectivity index (χ4v) is 9.94. The molecule has 0 saturated heterocycles. The van der Waals surface area contributed by atoms with Gasteiger partial charge in [-0.2, -0.15) is 0 Å². The number of carbonyl (C=O) groups excluding carboxylic acids is 4. The topological polar surface area (TPSA) is 202 Å². The van der Waals surface area contributed by atoms with Gasteiger partial charge in [-0.15, -0.1) is 0 Å². The number of nitrogens with zero attached hydrogens (tertiary/aromatic N) is 1. The Kier molecular flexibility index (Phi) is 14.3. The Morgan fingerprint density at radius 3 is 2.11 bits per heavy atom. The van der Waals surface area contributed by atoms with Crippen LogP contribution < -0.4 is 20.5 Å². The van der Waals surface area contributed by atoms with Crippen LogP contribution in [0.2, 0.25) is 0 Å². The molecule has 0 unspecified atom stereocenters. The third-order valence-corrected chi connectivity index (χ3v) is 13.7. The monoisotopic (exact) mass is 914 g/mol. The summed E-state index contributed by atoms with van der Waals surface area (Å²) in [6, 6.07) is 29.3. The number of nitrogens with one attached hydrogen (secondary N) is 2. The van der Waals surface area contributed by atoms with E-state index in [9.17, 15) is 27.6 Å². The van der Waals surface area contributed by atoms with E-state index in [0.29, 0.717) is 34.4 Å². The highest BCUT2D eigenvalue weighted by Gasteiger charge is 2.34. The van der Waals surface area contributed by atoms with Crippen molar-refractivity contribution in [2.24, 2.45) is 10.7 Å². The second kappa shape index (κ2) is 20.0. The van der Waals surface area contributed by atoms with Gasteiger partial charge in [0.1, 0.15) is 30.6 Å². The lowest BCUT2D eigenvalue weighted by molar-refractivity contribution is -0.147. The molecule has 344 valence electrons. The second-order valence-corrected chi connectivity index (χ2v) is 18.7. The maximum absolute atomic E-state index is 13.8. The number of fused-ring (bicyclic) bond motifs is 4. The van der Waals surface area contributed by atoms with Crippen molar-refractivity contribution in [1.29, 1.82) is 0 Å². The number of rotatable bonds is 16. The third kappa shape index (κ3) is 10.7. The molecule has 2 aliphatic rings. The number of benzene rings is 5. The lowest BCUT2D eigenvalue weighted by atomic mass is 9.88. The number of ether oxygens (including phenoxy) is 4. The molecule has 1 heterocycles. The summed E-state index contributed by atoms with van der Waals surface area (Å²) in [5.41, 5.74) is 13.9. The minimum Gasteiger partial charge on any atom is -0.487 e. The average molecular weight is 915 g/mol. The molecule has 0 fully saturated rings. The van der Waals surface area contributed by atoms with E-state index < -0.39 is 40.7 Å². The minimum atomic E-state index is -4.15. The van der Waals surface area contributed by atoms with Gasteiger partial charge in [0, 0.05) is 18.0 Å². The molecular weight excluding hydrogens is 861 g/mol. The summed E-state index contributed by atoms with van der Waals surface area (Å²) >= 11 is 0. The summed E-state index contributed by atoms with van der Waals surface area (Å²) < 4.78 is 52.8. The van der Waals surface area contributed by atoms with Gasteiger partial charge in [-0.25, -0.2) is 27.5 Å². The molecule has 1 aliphatic carbocycles. The van der Waals surface area contributed by atoms with Crippen molar-refractivity contribution in [1.82, 2.24) is 10.0 Å². The molecule has 0 aromatic heterocycles. The predicted octanol–water partition coefficient (Wildman–Crippen LogP) is 7.78. The Morgan fingerprint density at radius 2 is 1.44 bits per heavy atom. The first-order valence-electron chi connectivity index (χ1n) is 21.8. The lowest BCUT2D eigenvalue weighted by Gasteiger charge is -2.35. The first-order chi connectivity index (χ1) is 31.5. The zero-order valence-electron chi connectivity index (χ0n) is 37.6. The first kappa shape index (κ1) is 47.0. The number of Topliss-reactive ketones (excluding diaryl/α,β-unsaturated/α-hetero) is 1. The smallest absolute Gasteiger partial charge is 0.407 e. The molecule has 7 rings (SSSR count). The molecule has 0 spiro atoms. The molecule has 4 N–H and O–H groups in total. The Labute approximate surface area is 385 Å². The zero-order valence-corrected chi connectivity index (χ0v) is 38.5. The Balaban J connectivity index is 0.986. The van der Waals surface area contributed by atoms with Crippen LogP contribution in [0.25, 0.3) is 11.1 Å². The maximum atomic E-state index is 13.8. The van der Waals surface area contributed by atoms with Gasteiger partial charge in [-0.05, 0) is 123 Å². The number of aliphatic imine (C=N–C) groups is 1. The molecule has 0 radical (unpaired) electrons. The Hall–Kier alpha value is -7.00. The van der Waals surface area contributed by atoms with Crippen LogP contribution in [0.4, 0.5) is 4.79 Å². The first-order valence-corrected chi connectivity index (χ1v) is 23.3. The van der Waals surface area contributed by atoms with Crippen LogP contribution in [0.15, 0.2) is 113 Å². The largest absolute Gasteiger partial charge is 0.487 e. The lowest BCUT2D eigenvalue weighted by Crippen LogP contribution is -2.42. The number of alkyl carbamates (subject to hydrolysis) is 1. The van der Waals surface area contributed by atoms with Crippen LogP contribution >= 0.6 is 0 Å².